The zero-order chi connectivity index (χ0) is 19.4. The molecule has 0 unspecified atom stereocenters. The maximum Gasteiger partial charge on any atom is 0.327 e. The van der Waals surface area contributed by atoms with Crippen LogP contribution in [0.2, 0.25) is 0 Å². The van der Waals surface area contributed by atoms with Crippen molar-refractivity contribution in [3.05, 3.63) is 74.1 Å². The highest BCUT2D eigenvalue weighted by atomic mass is 35.5. The van der Waals surface area contributed by atoms with Crippen LogP contribution in [0.3, 0.4) is 0 Å². The van der Waals surface area contributed by atoms with Crippen molar-refractivity contribution in [3.8, 4) is 0 Å². The molecule has 1 amide bonds. The van der Waals surface area contributed by atoms with E-state index in [-0.39, 0.29) is 47.4 Å². The average Bonchev–Trinajstić information content (AvgIpc) is 2.64. The number of nitrogens with one attached hydrogen (secondary N) is 2. The molecule has 0 bridgehead atoms. The molecule has 0 aliphatic heterocycles. The smallest absolute Gasteiger partial charge is 0.327 e. The third-order valence-corrected chi connectivity index (χ3v) is 4.32. The van der Waals surface area contributed by atoms with Gasteiger partial charge in [-0.3, -0.25) is 19.6 Å². The summed E-state index contributed by atoms with van der Waals surface area (Å²) in [5.74, 6) is -0.289. The first-order chi connectivity index (χ1) is 13.0. The van der Waals surface area contributed by atoms with Crippen LogP contribution in [0.1, 0.15) is 21.6 Å². The molecule has 2 heterocycles. The largest absolute Gasteiger partial charge is 0.336 e. The Morgan fingerprint density at radius 2 is 1.79 bits per heavy atom. The Labute approximate surface area is 179 Å². The van der Waals surface area contributed by atoms with Gasteiger partial charge in [0.15, 0.2) is 0 Å². The van der Waals surface area contributed by atoms with Crippen molar-refractivity contribution in [1.29, 1.82) is 0 Å². The number of nitrogens with zero attached hydrogens (tertiary/aromatic N) is 2. The molecule has 156 valence electrons. The molecule has 0 aliphatic rings. The molecule has 0 aliphatic carbocycles. The lowest BCUT2D eigenvalue weighted by Gasteiger charge is -2.22. The molecule has 3 rings (SSSR count). The Balaban J connectivity index is 0.00000210. The van der Waals surface area contributed by atoms with E-state index in [1.54, 1.807) is 17.9 Å². The van der Waals surface area contributed by atoms with Crippen LogP contribution in [0.25, 0.3) is 11.0 Å². The monoisotopic (exact) mass is 439 g/mol. The van der Waals surface area contributed by atoms with Crippen LogP contribution < -0.4 is 17.0 Å². The number of aryl methyl sites for hydroxylation is 1. The van der Waals surface area contributed by atoms with Crippen molar-refractivity contribution in [3.63, 3.8) is 0 Å². The third-order valence-electron chi connectivity index (χ3n) is 4.32. The number of aromatic nitrogens is 3. The van der Waals surface area contributed by atoms with Crippen molar-refractivity contribution in [2.75, 3.05) is 19.6 Å². The molecule has 0 fully saturated rings. The van der Waals surface area contributed by atoms with Crippen molar-refractivity contribution in [2.24, 2.45) is 5.73 Å². The van der Waals surface area contributed by atoms with Crippen LogP contribution >= 0.6 is 24.8 Å². The molecule has 0 spiro atoms. The molecule has 1 aromatic carbocycles. The van der Waals surface area contributed by atoms with Crippen LogP contribution in [0.4, 0.5) is 0 Å². The van der Waals surface area contributed by atoms with Gasteiger partial charge in [0, 0.05) is 19.6 Å². The number of benzene rings is 1. The van der Waals surface area contributed by atoms with E-state index in [9.17, 15) is 14.4 Å². The normalized spacial score (nSPS) is 10.1. The van der Waals surface area contributed by atoms with Gasteiger partial charge in [0.25, 0.3) is 11.5 Å². The summed E-state index contributed by atoms with van der Waals surface area (Å²) in [6.07, 6.45) is 0.690. The number of amides is 1. The first-order valence-electron chi connectivity index (χ1n) is 8.67. The maximum absolute atomic E-state index is 13.0. The average molecular weight is 440 g/mol. The number of carbonyl (C=O) groups excluding carboxylic acids is 1. The van der Waals surface area contributed by atoms with Crippen LogP contribution in [0.5, 0.6) is 0 Å². The SMILES string of the molecule is Cc1cc(C(=O)N(CCN)CCc2ccccc2)nc2[nH]c(=O)[nH]c(=O)c12.Cl.Cl. The lowest BCUT2D eigenvalue weighted by Crippen LogP contribution is -2.37. The topological polar surface area (TPSA) is 125 Å². The maximum atomic E-state index is 13.0. The van der Waals surface area contributed by atoms with Crippen molar-refractivity contribution >= 4 is 41.8 Å². The minimum atomic E-state index is -0.660. The summed E-state index contributed by atoms with van der Waals surface area (Å²) < 4.78 is 0. The van der Waals surface area contributed by atoms with E-state index in [4.69, 9.17) is 5.73 Å². The summed E-state index contributed by atoms with van der Waals surface area (Å²) in [6, 6.07) is 11.4. The molecule has 4 N–H and O–H groups in total. The van der Waals surface area contributed by atoms with E-state index >= 15 is 0 Å². The fourth-order valence-electron chi connectivity index (χ4n) is 3.01. The van der Waals surface area contributed by atoms with Crippen LogP contribution in [-0.4, -0.2) is 45.4 Å². The van der Waals surface area contributed by atoms with Gasteiger partial charge in [0.05, 0.1) is 5.39 Å². The van der Waals surface area contributed by atoms with Crippen LogP contribution in [-0.2, 0) is 6.42 Å². The highest BCUT2D eigenvalue weighted by Gasteiger charge is 2.19. The highest BCUT2D eigenvalue weighted by molar-refractivity contribution is 5.95. The molecular weight excluding hydrogens is 417 g/mol. The van der Waals surface area contributed by atoms with Crippen molar-refractivity contribution in [2.45, 2.75) is 13.3 Å². The standard InChI is InChI=1S/C19H21N5O3.2ClH/c1-12-11-14(21-16-15(12)17(25)23-19(27)22-16)18(26)24(10-8-20)9-7-13-5-3-2-4-6-13;;/h2-6,11H,7-10,20H2,1H3,(H2,21,22,23,25,27);2*1H. The molecule has 29 heavy (non-hydrogen) atoms. The van der Waals surface area contributed by atoms with Gasteiger partial charge < -0.3 is 10.6 Å². The van der Waals surface area contributed by atoms with Gasteiger partial charge >= 0.3 is 5.69 Å². The van der Waals surface area contributed by atoms with Gasteiger partial charge in [-0.15, -0.1) is 24.8 Å². The first-order valence-corrected chi connectivity index (χ1v) is 8.67. The second-order valence-electron chi connectivity index (χ2n) is 6.27. The number of aromatic amines is 2. The zero-order valence-electron chi connectivity index (χ0n) is 15.8. The Kier molecular flexibility index (Phi) is 9.03. The van der Waals surface area contributed by atoms with Gasteiger partial charge in [-0.2, -0.15) is 0 Å². The van der Waals surface area contributed by atoms with Gasteiger partial charge in [-0.1, -0.05) is 30.3 Å². The number of H-pyrrole nitrogens is 2. The summed E-state index contributed by atoms with van der Waals surface area (Å²) >= 11 is 0. The quantitative estimate of drug-likeness (QED) is 0.535. The molecule has 2 aromatic heterocycles. The Bertz CT molecular complexity index is 1080. The van der Waals surface area contributed by atoms with Crippen LogP contribution in [0.15, 0.2) is 46.0 Å². The Morgan fingerprint density at radius 3 is 2.45 bits per heavy atom. The van der Waals surface area contributed by atoms with E-state index in [0.29, 0.717) is 31.6 Å². The molecule has 8 nitrogen and oxygen atoms in total. The lowest BCUT2D eigenvalue weighted by molar-refractivity contribution is 0.0756. The molecular formula is C19H23Cl2N5O3. The fourth-order valence-corrected chi connectivity index (χ4v) is 3.01. The molecule has 0 atom stereocenters. The predicted octanol–water partition coefficient (Wildman–Crippen LogP) is 1.41. The molecule has 0 saturated heterocycles. The number of halogens is 2. The van der Waals surface area contributed by atoms with Gasteiger partial charge in [-0.05, 0) is 30.5 Å². The molecule has 0 radical (unpaired) electrons. The van der Waals surface area contributed by atoms with Gasteiger partial charge in [0.2, 0.25) is 0 Å². The second-order valence-corrected chi connectivity index (χ2v) is 6.27. The zero-order valence-corrected chi connectivity index (χ0v) is 17.4. The lowest BCUT2D eigenvalue weighted by atomic mass is 10.1. The van der Waals surface area contributed by atoms with Crippen molar-refractivity contribution in [1.82, 2.24) is 19.9 Å². The first kappa shape index (κ1) is 24.4. The number of carbonyl (C=O) groups is 1. The number of hydrogen-bond acceptors (Lipinski definition) is 5. The minimum Gasteiger partial charge on any atom is -0.336 e. The van der Waals surface area contributed by atoms with E-state index in [2.05, 4.69) is 15.0 Å². The van der Waals surface area contributed by atoms with E-state index in [1.807, 2.05) is 30.3 Å². The van der Waals surface area contributed by atoms with Gasteiger partial charge in [-0.25, -0.2) is 9.78 Å². The second kappa shape index (κ2) is 10.8. The van der Waals surface area contributed by atoms with Gasteiger partial charge in [0.1, 0.15) is 11.3 Å². The van der Waals surface area contributed by atoms with E-state index in [1.165, 1.54) is 0 Å². The molecule has 10 heteroatoms. The highest BCUT2D eigenvalue weighted by Crippen LogP contribution is 2.13. The number of rotatable bonds is 6. The molecule has 3 aromatic rings. The van der Waals surface area contributed by atoms with E-state index in [0.717, 1.165) is 5.56 Å². The molecule has 0 saturated carbocycles. The Hall–Kier alpha value is -2.68. The Morgan fingerprint density at radius 1 is 1.10 bits per heavy atom. The number of pyridine rings is 1. The minimum absolute atomic E-state index is 0. The summed E-state index contributed by atoms with van der Waals surface area (Å²) in [6.45, 7) is 2.90. The fraction of sp³-hybridized carbons (Fsp3) is 0.263. The summed E-state index contributed by atoms with van der Waals surface area (Å²) in [7, 11) is 0. The van der Waals surface area contributed by atoms with Crippen molar-refractivity contribution < 1.29 is 4.79 Å². The number of fused-ring (bicyclic) bond motifs is 1. The number of nitrogens with two attached hydrogens (primary N) is 1. The predicted molar refractivity (Wildman–Crippen MR) is 117 cm³/mol. The summed E-state index contributed by atoms with van der Waals surface area (Å²) in [5.41, 5.74) is 6.43. The number of hydrogen-bond donors (Lipinski definition) is 3. The third kappa shape index (κ3) is 5.66. The van der Waals surface area contributed by atoms with Crippen LogP contribution in [0, 0.1) is 6.92 Å². The van der Waals surface area contributed by atoms with E-state index < -0.39 is 11.2 Å². The summed E-state index contributed by atoms with van der Waals surface area (Å²) in [4.78, 5) is 46.9. The summed E-state index contributed by atoms with van der Waals surface area (Å²) in [5, 5.41) is 0.265.